The second kappa shape index (κ2) is 5.36. The normalized spacial score (nSPS) is 14.7. The van der Waals surface area contributed by atoms with E-state index in [0.29, 0.717) is 0 Å². The summed E-state index contributed by atoms with van der Waals surface area (Å²) in [6.07, 6.45) is 0. The summed E-state index contributed by atoms with van der Waals surface area (Å²) in [6, 6.07) is 0. The monoisotopic (exact) mass is 178 g/mol. The highest BCUT2D eigenvalue weighted by molar-refractivity contribution is 8.77. The largest absolute Gasteiger partial charge is 0.0910 e. The van der Waals surface area contributed by atoms with Crippen molar-refractivity contribution in [1.82, 2.24) is 0 Å². The van der Waals surface area contributed by atoms with Crippen molar-refractivity contribution in [2.24, 2.45) is 5.92 Å². The lowest BCUT2D eigenvalue weighted by molar-refractivity contribution is 0.645. The second-order valence-corrected chi connectivity index (χ2v) is 6.42. The summed E-state index contributed by atoms with van der Waals surface area (Å²) in [6.45, 7) is 11.3. The zero-order valence-electron chi connectivity index (χ0n) is 7.55. The minimum absolute atomic E-state index is 0.756. The first-order chi connectivity index (χ1) is 4.54. The molecule has 0 fully saturated rings. The summed E-state index contributed by atoms with van der Waals surface area (Å²) in [5, 5.41) is 1.54. The van der Waals surface area contributed by atoms with Gasteiger partial charge < -0.3 is 0 Å². The summed E-state index contributed by atoms with van der Waals surface area (Å²) in [5.74, 6) is 0.802. The van der Waals surface area contributed by atoms with Gasteiger partial charge in [0.05, 0.1) is 0 Å². The molecule has 0 aliphatic rings. The highest BCUT2D eigenvalue weighted by atomic mass is 33.1. The van der Waals surface area contributed by atoms with Crippen LogP contribution in [0.2, 0.25) is 0 Å². The summed E-state index contributed by atoms with van der Waals surface area (Å²) in [5.41, 5.74) is 0. The van der Waals surface area contributed by atoms with Crippen LogP contribution in [0.1, 0.15) is 34.6 Å². The van der Waals surface area contributed by atoms with Crippen molar-refractivity contribution >= 4 is 21.6 Å². The fourth-order valence-corrected chi connectivity index (χ4v) is 2.79. The zero-order chi connectivity index (χ0) is 8.15. The third kappa shape index (κ3) is 5.48. The first kappa shape index (κ1) is 10.7. The fraction of sp³-hybridized carbons (Fsp3) is 1.00. The Bertz CT molecular complexity index is 79.3. The quantitative estimate of drug-likeness (QED) is 0.600. The molecule has 10 heavy (non-hydrogen) atoms. The van der Waals surface area contributed by atoms with Crippen molar-refractivity contribution < 1.29 is 0 Å². The van der Waals surface area contributed by atoms with Crippen LogP contribution in [0.25, 0.3) is 0 Å². The van der Waals surface area contributed by atoms with Gasteiger partial charge in [0, 0.05) is 10.5 Å². The van der Waals surface area contributed by atoms with E-state index in [9.17, 15) is 0 Å². The van der Waals surface area contributed by atoms with Crippen LogP contribution >= 0.6 is 21.6 Å². The van der Waals surface area contributed by atoms with E-state index in [1.807, 2.05) is 21.6 Å². The third-order valence-corrected chi connectivity index (χ3v) is 5.08. The Balaban J connectivity index is 3.30. The van der Waals surface area contributed by atoms with E-state index < -0.39 is 0 Å². The van der Waals surface area contributed by atoms with Crippen LogP contribution in [0.3, 0.4) is 0 Å². The molecule has 0 aliphatic carbocycles. The van der Waals surface area contributed by atoms with Crippen molar-refractivity contribution in [3.63, 3.8) is 0 Å². The van der Waals surface area contributed by atoms with Gasteiger partial charge in [-0.1, -0.05) is 56.2 Å². The second-order valence-electron chi connectivity index (χ2n) is 3.19. The van der Waals surface area contributed by atoms with E-state index in [4.69, 9.17) is 0 Å². The molecule has 0 aromatic heterocycles. The average molecular weight is 178 g/mol. The number of hydrogen-bond donors (Lipinski definition) is 0. The molecule has 0 heterocycles. The molecular weight excluding hydrogens is 160 g/mol. The van der Waals surface area contributed by atoms with Gasteiger partial charge >= 0.3 is 0 Å². The standard InChI is InChI=1S/C8H18S2/c1-6(2)8(5)10-9-7(3)4/h6-8H,1-5H3/t8-/m1/s1. The smallest absolute Gasteiger partial charge is 0.0146 e. The van der Waals surface area contributed by atoms with Gasteiger partial charge in [-0.3, -0.25) is 0 Å². The van der Waals surface area contributed by atoms with E-state index in [2.05, 4.69) is 34.6 Å². The fourth-order valence-electron chi connectivity index (χ4n) is 0.310. The summed E-state index contributed by atoms with van der Waals surface area (Å²) >= 11 is 0. The molecular formula is C8H18S2. The van der Waals surface area contributed by atoms with E-state index in [0.717, 1.165) is 16.4 Å². The lowest BCUT2D eigenvalue weighted by Gasteiger charge is -2.14. The SMILES string of the molecule is CC(C)SS[C@H](C)C(C)C. The molecule has 0 rings (SSSR count). The van der Waals surface area contributed by atoms with Gasteiger partial charge in [-0.2, -0.15) is 0 Å². The lowest BCUT2D eigenvalue weighted by Crippen LogP contribution is -2.04. The Morgan fingerprint density at radius 2 is 1.30 bits per heavy atom. The molecule has 0 aromatic carbocycles. The Morgan fingerprint density at radius 3 is 1.60 bits per heavy atom. The zero-order valence-corrected chi connectivity index (χ0v) is 9.18. The summed E-state index contributed by atoms with van der Waals surface area (Å²) < 4.78 is 0. The van der Waals surface area contributed by atoms with Crippen LogP contribution in [0, 0.1) is 5.92 Å². The van der Waals surface area contributed by atoms with Crippen molar-refractivity contribution in [1.29, 1.82) is 0 Å². The van der Waals surface area contributed by atoms with Crippen LogP contribution in [0.5, 0.6) is 0 Å². The van der Waals surface area contributed by atoms with E-state index >= 15 is 0 Å². The maximum Gasteiger partial charge on any atom is 0.0146 e. The highest BCUT2D eigenvalue weighted by Crippen LogP contribution is 2.33. The van der Waals surface area contributed by atoms with Crippen molar-refractivity contribution in [3.05, 3.63) is 0 Å². The van der Waals surface area contributed by atoms with Gasteiger partial charge in [0.2, 0.25) is 0 Å². The van der Waals surface area contributed by atoms with Crippen molar-refractivity contribution in [2.45, 2.75) is 45.1 Å². The maximum atomic E-state index is 2.30. The van der Waals surface area contributed by atoms with Crippen molar-refractivity contribution in [3.8, 4) is 0 Å². The first-order valence-corrected chi connectivity index (χ1v) is 6.13. The first-order valence-electron chi connectivity index (χ1n) is 3.86. The molecule has 0 spiro atoms. The molecule has 0 aliphatic heterocycles. The Labute approximate surface area is 72.9 Å². The number of hydrogen-bond acceptors (Lipinski definition) is 2. The molecule has 0 unspecified atom stereocenters. The Morgan fingerprint density at radius 1 is 0.800 bits per heavy atom. The van der Waals surface area contributed by atoms with Gasteiger partial charge in [-0.25, -0.2) is 0 Å². The number of rotatable bonds is 4. The molecule has 62 valence electrons. The van der Waals surface area contributed by atoms with Crippen molar-refractivity contribution in [2.75, 3.05) is 0 Å². The maximum absolute atomic E-state index is 2.30. The van der Waals surface area contributed by atoms with Gasteiger partial charge in [0.25, 0.3) is 0 Å². The molecule has 0 saturated carbocycles. The molecule has 0 radical (unpaired) electrons. The predicted octanol–water partition coefficient (Wildman–Crippen LogP) is 3.82. The van der Waals surface area contributed by atoms with Gasteiger partial charge in [-0.05, 0) is 5.92 Å². The molecule has 0 bridgehead atoms. The Hall–Kier alpha value is 0.700. The summed E-state index contributed by atoms with van der Waals surface area (Å²) in [4.78, 5) is 0. The minimum atomic E-state index is 0.756. The van der Waals surface area contributed by atoms with Gasteiger partial charge in [0.15, 0.2) is 0 Å². The van der Waals surface area contributed by atoms with Gasteiger partial charge in [-0.15, -0.1) is 0 Å². The predicted molar refractivity (Wildman–Crippen MR) is 54.6 cm³/mol. The minimum Gasteiger partial charge on any atom is -0.0910 e. The molecule has 0 amide bonds. The highest BCUT2D eigenvalue weighted by Gasteiger charge is 2.08. The summed E-state index contributed by atoms with van der Waals surface area (Å²) in [7, 11) is 3.99. The van der Waals surface area contributed by atoms with E-state index in [-0.39, 0.29) is 0 Å². The lowest BCUT2D eigenvalue weighted by atomic mass is 10.2. The topological polar surface area (TPSA) is 0 Å². The molecule has 0 N–H and O–H groups in total. The van der Waals surface area contributed by atoms with Crippen LogP contribution < -0.4 is 0 Å². The molecule has 0 nitrogen and oxygen atoms in total. The van der Waals surface area contributed by atoms with Gasteiger partial charge in [0.1, 0.15) is 0 Å². The van der Waals surface area contributed by atoms with E-state index in [1.54, 1.807) is 0 Å². The molecule has 1 atom stereocenters. The van der Waals surface area contributed by atoms with Crippen LogP contribution in [0.4, 0.5) is 0 Å². The van der Waals surface area contributed by atoms with Crippen LogP contribution in [-0.2, 0) is 0 Å². The van der Waals surface area contributed by atoms with E-state index in [1.165, 1.54) is 0 Å². The molecule has 2 heteroatoms. The molecule has 0 saturated heterocycles. The van der Waals surface area contributed by atoms with Crippen LogP contribution in [-0.4, -0.2) is 10.5 Å². The molecule has 0 aromatic rings. The van der Waals surface area contributed by atoms with Crippen LogP contribution in [0.15, 0.2) is 0 Å². The average Bonchev–Trinajstić information content (AvgIpc) is 1.82. The Kier molecular flexibility index (Phi) is 5.74. The third-order valence-electron chi connectivity index (χ3n) is 1.34.